The van der Waals surface area contributed by atoms with Crippen molar-refractivity contribution < 1.29 is 22.7 Å². The number of piperidine rings is 1. The number of likely N-dealkylation sites (tertiary alicyclic amines) is 1. The lowest BCUT2D eigenvalue weighted by Crippen LogP contribution is -2.46. The molecule has 168 valence electrons. The van der Waals surface area contributed by atoms with Crippen LogP contribution < -0.4 is 13.8 Å². The second kappa shape index (κ2) is 9.60. The minimum absolute atomic E-state index is 0.114. The molecule has 1 heterocycles. The normalized spacial score (nSPS) is 16.6. The molecule has 31 heavy (non-hydrogen) atoms. The number of hydrogen-bond acceptors (Lipinski definition) is 5. The Labute approximate surface area is 184 Å². The number of nitrogens with zero attached hydrogens (tertiary/aromatic N) is 2. The highest BCUT2D eigenvalue weighted by Crippen LogP contribution is 2.36. The van der Waals surface area contributed by atoms with E-state index < -0.39 is 10.0 Å². The predicted octanol–water partition coefficient (Wildman–Crippen LogP) is 3.47. The maximum atomic E-state index is 13.7. The Balaban J connectivity index is 2.06. The molecule has 2 aromatic carbocycles. The van der Waals surface area contributed by atoms with Gasteiger partial charge in [0.15, 0.2) is 0 Å². The molecule has 0 spiro atoms. The highest BCUT2D eigenvalue weighted by Gasteiger charge is 2.32. The standard InChI is InChI=1S/C23H30N2O5S/c1-17-7-10-20(11-8-17)31(27,28)25(16-23(26)24-13-5-6-18(2)15-24)21-14-19(29-3)9-12-22(21)30-4/h7-12,14,18H,5-6,13,15-16H2,1-4H3. The summed E-state index contributed by atoms with van der Waals surface area (Å²) >= 11 is 0. The van der Waals surface area contributed by atoms with Crippen molar-refractivity contribution in [3.8, 4) is 11.5 Å². The number of carbonyl (C=O) groups is 1. The van der Waals surface area contributed by atoms with Gasteiger partial charge in [0.2, 0.25) is 5.91 Å². The average molecular weight is 447 g/mol. The Morgan fingerprint density at radius 1 is 1.13 bits per heavy atom. The van der Waals surface area contributed by atoms with Gasteiger partial charge in [0.1, 0.15) is 18.0 Å². The van der Waals surface area contributed by atoms with Crippen LogP contribution in [0.3, 0.4) is 0 Å². The molecule has 1 unspecified atom stereocenters. The lowest BCUT2D eigenvalue weighted by molar-refractivity contribution is -0.131. The van der Waals surface area contributed by atoms with Gasteiger partial charge in [0, 0.05) is 19.2 Å². The van der Waals surface area contributed by atoms with E-state index in [1.165, 1.54) is 14.2 Å². The SMILES string of the molecule is COc1ccc(OC)c(N(CC(=O)N2CCCC(C)C2)S(=O)(=O)c2ccc(C)cc2)c1. The highest BCUT2D eigenvalue weighted by atomic mass is 32.2. The van der Waals surface area contributed by atoms with Gasteiger partial charge in [0.05, 0.1) is 24.8 Å². The van der Waals surface area contributed by atoms with Crippen LogP contribution in [0.4, 0.5) is 5.69 Å². The Morgan fingerprint density at radius 3 is 2.45 bits per heavy atom. The number of hydrogen-bond donors (Lipinski definition) is 0. The summed E-state index contributed by atoms with van der Waals surface area (Å²) in [7, 11) is -1.05. The number of ether oxygens (including phenoxy) is 2. The molecule has 0 bridgehead atoms. The fourth-order valence-electron chi connectivity index (χ4n) is 3.77. The summed E-state index contributed by atoms with van der Waals surface area (Å²) in [6.45, 7) is 4.95. The van der Waals surface area contributed by atoms with Crippen LogP contribution >= 0.6 is 0 Å². The van der Waals surface area contributed by atoms with Crippen LogP contribution in [0.25, 0.3) is 0 Å². The first-order chi connectivity index (χ1) is 14.8. The van der Waals surface area contributed by atoms with E-state index in [0.717, 1.165) is 22.7 Å². The lowest BCUT2D eigenvalue weighted by Gasteiger charge is -2.33. The molecule has 3 rings (SSSR count). The Hall–Kier alpha value is -2.74. The van der Waals surface area contributed by atoms with Crippen molar-refractivity contribution in [2.75, 3.05) is 38.2 Å². The monoisotopic (exact) mass is 446 g/mol. The molecule has 1 amide bonds. The summed E-state index contributed by atoms with van der Waals surface area (Å²) in [4.78, 5) is 15.0. The van der Waals surface area contributed by atoms with Crippen molar-refractivity contribution in [1.29, 1.82) is 0 Å². The molecule has 1 aliphatic heterocycles. The first kappa shape index (κ1) is 22.9. The number of carbonyl (C=O) groups excluding carboxylic acids is 1. The predicted molar refractivity (Wildman–Crippen MR) is 120 cm³/mol. The molecular formula is C23H30N2O5S. The molecule has 1 saturated heterocycles. The lowest BCUT2D eigenvalue weighted by atomic mass is 10.0. The zero-order valence-electron chi connectivity index (χ0n) is 18.5. The molecule has 0 N–H and O–H groups in total. The topological polar surface area (TPSA) is 76.2 Å². The van der Waals surface area contributed by atoms with Crippen LogP contribution in [0.5, 0.6) is 11.5 Å². The molecule has 0 aliphatic carbocycles. The zero-order chi connectivity index (χ0) is 22.6. The van der Waals surface area contributed by atoms with Crippen LogP contribution in [0, 0.1) is 12.8 Å². The first-order valence-electron chi connectivity index (χ1n) is 10.4. The smallest absolute Gasteiger partial charge is 0.264 e. The maximum Gasteiger partial charge on any atom is 0.264 e. The van der Waals surface area contributed by atoms with Gasteiger partial charge in [-0.3, -0.25) is 9.10 Å². The number of rotatable bonds is 7. The Morgan fingerprint density at radius 2 is 1.84 bits per heavy atom. The van der Waals surface area contributed by atoms with E-state index in [4.69, 9.17) is 9.47 Å². The second-order valence-corrected chi connectivity index (χ2v) is 9.81. The molecular weight excluding hydrogens is 416 g/mol. The van der Waals surface area contributed by atoms with Crippen LogP contribution in [0.1, 0.15) is 25.3 Å². The van der Waals surface area contributed by atoms with E-state index in [1.807, 2.05) is 6.92 Å². The number of aryl methyl sites for hydroxylation is 1. The highest BCUT2D eigenvalue weighted by molar-refractivity contribution is 7.92. The molecule has 1 aliphatic rings. The number of sulfonamides is 1. The number of anilines is 1. The third-order valence-electron chi connectivity index (χ3n) is 5.55. The summed E-state index contributed by atoms with van der Waals surface area (Å²) in [5.74, 6) is 0.980. The maximum absolute atomic E-state index is 13.7. The largest absolute Gasteiger partial charge is 0.497 e. The van der Waals surface area contributed by atoms with Crippen LogP contribution in [-0.2, 0) is 14.8 Å². The first-order valence-corrected chi connectivity index (χ1v) is 11.8. The van der Waals surface area contributed by atoms with Gasteiger partial charge in [-0.25, -0.2) is 8.42 Å². The van der Waals surface area contributed by atoms with Crippen molar-refractivity contribution in [1.82, 2.24) is 4.90 Å². The van der Waals surface area contributed by atoms with E-state index in [-0.39, 0.29) is 23.0 Å². The third kappa shape index (κ3) is 5.12. The van der Waals surface area contributed by atoms with Gasteiger partial charge in [-0.1, -0.05) is 24.6 Å². The van der Waals surface area contributed by atoms with Crippen molar-refractivity contribution in [2.24, 2.45) is 5.92 Å². The van der Waals surface area contributed by atoms with Gasteiger partial charge in [-0.05, 0) is 49.9 Å². The van der Waals surface area contributed by atoms with Gasteiger partial charge < -0.3 is 14.4 Å². The minimum atomic E-state index is -4.03. The van der Waals surface area contributed by atoms with Crippen molar-refractivity contribution in [3.05, 3.63) is 48.0 Å². The summed E-state index contributed by atoms with van der Waals surface area (Å²) in [6, 6.07) is 11.5. The molecule has 2 aromatic rings. The Bertz CT molecular complexity index is 1020. The molecule has 0 saturated carbocycles. The molecule has 8 heteroatoms. The summed E-state index contributed by atoms with van der Waals surface area (Å²) in [6.07, 6.45) is 1.99. The van der Waals surface area contributed by atoms with E-state index in [2.05, 4.69) is 6.92 Å². The summed E-state index contributed by atoms with van der Waals surface area (Å²) < 4.78 is 39.2. The van der Waals surface area contributed by atoms with E-state index >= 15 is 0 Å². The van der Waals surface area contributed by atoms with E-state index in [9.17, 15) is 13.2 Å². The number of benzene rings is 2. The summed E-state index contributed by atoms with van der Waals surface area (Å²) in [5.41, 5.74) is 1.21. The fourth-order valence-corrected chi connectivity index (χ4v) is 5.18. The van der Waals surface area contributed by atoms with E-state index in [1.54, 1.807) is 47.4 Å². The number of methoxy groups -OCH3 is 2. The van der Waals surface area contributed by atoms with Gasteiger partial charge >= 0.3 is 0 Å². The molecule has 1 atom stereocenters. The van der Waals surface area contributed by atoms with Gasteiger partial charge in [-0.2, -0.15) is 0 Å². The number of amides is 1. The molecule has 0 aromatic heterocycles. The summed E-state index contributed by atoms with van der Waals surface area (Å²) in [5, 5.41) is 0. The minimum Gasteiger partial charge on any atom is -0.497 e. The van der Waals surface area contributed by atoms with Crippen LogP contribution in [0.2, 0.25) is 0 Å². The molecule has 7 nitrogen and oxygen atoms in total. The zero-order valence-corrected chi connectivity index (χ0v) is 19.3. The molecule has 0 radical (unpaired) electrons. The van der Waals surface area contributed by atoms with Crippen LogP contribution in [-0.4, -0.2) is 53.1 Å². The quantitative estimate of drug-likeness (QED) is 0.651. The molecule has 1 fully saturated rings. The second-order valence-electron chi connectivity index (χ2n) is 7.95. The van der Waals surface area contributed by atoms with Gasteiger partial charge in [0.25, 0.3) is 10.0 Å². The van der Waals surface area contributed by atoms with Crippen molar-refractivity contribution in [3.63, 3.8) is 0 Å². The Kier molecular flexibility index (Phi) is 7.10. The van der Waals surface area contributed by atoms with E-state index in [0.29, 0.717) is 30.5 Å². The van der Waals surface area contributed by atoms with Crippen LogP contribution in [0.15, 0.2) is 47.4 Å². The third-order valence-corrected chi connectivity index (χ3v) is 7.33. The van der Waals surface area contributed by atoms with Crippen molar-refractivity contribution >= 4 is 21.6 Å². The average Bonchev–Trinajstić information content (AvgIpc) is 2.77. The fraction of sp³-hybridized carbons (Fsp3) is 0.435. The van der Waals surface area contributed by atoms with Gasteiger partial charge in [-0.15, -0.1) is 0 Å². The van der Waals surface area contributed by atoms with Crippen molar-refractivity contribution in [2.45, 2.75) is 31.6 Å².